The zero-order chi connectivity index (χ0) is 10.3. The van der Waals surface area contributed by atoms with Gasteiger partial charge in [0.2, 0.25) is 0 Å². The number of pyridine rings is 1. The summed E-state index contributed by atoms with van der Waals surface area (Å²) >= 11 is 0. The molecule has 0 N–H and O–H groups in total. The minimum Gasteiger partial charge on any atom is -0.256 e. The molecule has 1 nitrogen and oxygen atoms in total. The molecule has 13 heavy (non-hydrogen) atoms. The van der Waals surface area contributed by atoms with Gasteiger partial charge in [0, 0.05) is 6.20 Å². The van der Waals surface area contributed by atoms with Crippen LogP contribution >= 0.6 is 0 Å². The van der Waals surface area contributed by atoms with Crippen molar-refractivity contribution in [1.29, 1.82) is 0 Å². The van der Waals surface area contributed by atoms with E-state index in [4.69, 9.17) is 0 Å². The van der Waals surface area contributed by atoms with Gasteiger partial charge >= 0.3 is 0 Å². The lowest BCUT2D eigenvalue weighted by Gasteiger charge is -1.90. The Bertz CT molecular complexity index is 346. The van der Waals surface area contributed by atoms with Crippen molar-refractivity contribution in [1.82, 2.24) is 4.98 Å². The molecule has 72 valence electrons. The number of nitrogens with zero attached hydrogens (tertiary/aromatic N) is 1. The lowest BCUT2D eigenvalue weighted by atomic mass is 10.2. The summed E-state index contributed by atoms with van der Waals surface area (Å²) in [6, 6.07) is 4.04. The van der Waals surface area contributed by atoms with Crippen LogP contribution in [-0.4, -0.2) is 4.98 Å². The molecule has 0 spiro atoms. The first kappa shape index (κ1) is 11.9. The Morgan fingerprint density at radius 2 is 1.92 bits per heavy atom. The van der Waals surface area contributed by atoms with Crippen molar-refractivity contribution in [2.24, 2.45) is 0 Å². The molecule has 0 aromatic carbocycles. The van der Waals surface area contributed by atoms with Crippen LogP contribution < -0.4 is 10.6 Å². The summed E-state index contributed by atoms with van der Waals surface area (Å²) in [6.45, 7) is 10.2. The summed E-state index contributed by atoms with van der Waals surface area (Å²) in [4.78, 5) is 4.28. The molecule has 0 saturated carbocycles. The highest BCUT2D eigenvalue weighted by Crippen LogP contribution is 1.80. The highest BCUT2D eigenvalue weighted by molar-refractivity contribution is 5.37. The zero-order valence-electron chi connectivity index (χ0n) is 9.26. The third-order valence-corrected chi connectivity index (χ3v) is 1.62. The monoisotopic (exact) mass is 177 g/mol. The Morgan fingerprint density at radius 1 is 1.31 bits per heavy atom. The van der Waals surface area contributed by atoms with Gasteiger partial charge in [0.15, 0.2) is 0 Å². The molecule has 0 radical (unpaired) electrons. The molecular formula is C12H19N. The Hall–Kier alpha value is -1.11. The van der Waals surface area contributed by atoms with Crippen molar-refractivity contribution >= 4 is 11.6 Å². The number of aromatic nitrogens is 1. The first-order valence-corrected chi connectivity index (χ1v) is 4.80. The lowest BCUT2D eigenvalue weighted by molar-refractivity contribution is 1.19. The summed E-state index contributed by atoms with van der Waals surface area (Å²) in [6.07, 6.45) is 3.91. The van der Waals surface area contributed by atoms with E-state index in [2.05, 4.69) is 31.0 Å². The van der Waals surface area contributed by atoms with Gasteiger partial charge in [0.25, 0.3) is 0 Å². The van der Waals surface area contributed by atoms with Crippen LogP contribution in [-0.2, 0) is 0 Å². The van der Waals surface area contributed by atoms with E-state index in [9.17, 15) is 0 Å². The SMILES string of the molecule is C/C=c1/cccnc1=C(C)C.CC. The van der Waals surface area contributed by atoms with E-state index in [1.165, 1.54) is 10.8 Å². The number of hydrogen-bond donors (Lipinski definition) is 0. The molecule has 0 bridgehead atoms. The van der Waals surface area contributed by atoms with Crippen molar-refractivity contribution in [3.63, 3.8) is 0 Å². The van der Waals surface area contributed by atoms with Crippen LogP contribution in [0, 0.1) is 0 Å². The van der Waals surface area contributed by atoms with Gasteiger partial charge in [-0.05, 0) is 32.1 Å². The average Bonchev–Trinajstić information content (AvgIpc) is 2.20. The molecule has 0 aliphatic rings. The van der Waals surface area contributed by atoms with E-state index in [1.807, 2.05) is 33.0 Å². The Labute approximate surface area is 80.8 Å². The summed E-state index contributed by atoms with van der Waals surface area (Å²) < 4.78 is 0. The van der Waals surface area contributed by atoms with E-state index < -0.39 is 0 Å². The normalized spacial score (nSPS) is 10.4. The van der Waals surface area contributed by atoms with Gasteiger partial charge < -0.3 is 0 Å². The van der Waals surface area contributed by atoms with Crippen LogP contribution in [0.4, 0.5) is 0 Å². The third-order valence-electron chi connectivity index (χ3n) is 1.62. The van der Waals surface area contributed by atoms with E-state index in [-0.39, 0.29) is 0 Å². The predicted octanol–water partition coefficient (Wildman–Crippen LogP) is 2.10. The van der Waals surface area contributed by atoms with E-state index in [0.29, 0.717) is 0 Å². The standard InChI is InChI=1S/C10H13N.C2H6/c1-4-9-6-5-7-11-10(9)8(2)3;1-2/h4-7H,1-3H3;1-2H3/b9-4-;. The first-order valence-electron chi connectivity index (χ1n) is 4.80. The molecule has 0 atom stereocenters. The van der Waals surface area contributed by atoms with Crippen molar-refractivity contribution in [2.75, 3.05) is 0 Å². The van der Waals surface area contributed by atoms with Gasteiger partial charge in [-0.3, -0.25) is 4.98 Å². The predicted molar refractivity (Wildman–Crippen MR) is 59.7 cm³/mol. The number of hydrogen-bond acceptors (Lipinski definition) is 1. The summed E-state index contributed by atoms with van der Waals surface area (Å²) in [5, 5.41) is 2.32. The molecule has 0 unspecified atom stereocenters. The van der Waals surface area contributed by atoms with E-state index >= 15 is 0 Å². The van der Waals surface area contributed by atoms with Crippen LogP contribution in [0.2, 0.25) is 0 Å². The van der Waals surface area contributed by atoms with E-state index in [1.54, 1.807) is 0 Å². The van der Waals surface area contributed by atoms with Crippen LogP contribution in [0.5, 0.6) is 0 Å². The van der Waals surface area contributed by atoms with Gasteiger partial charge in [-0.25, -0.2) is 0 Å². The van der Waals surface area contributed by atoms with Crippen LogP contribution in [0.15, 0.2) is 18.3 Å². The molecule has 0 fully saturated rings. The fourth-order valence-corrected chi connectivity index (χ4v) is 1.07. The molecule has 1 heteroatoms. The second-order valence-electron chi connectivity index (χ2n) is 2.73. The third kappa shape index (κ3) is 3.41. The largest absolute Gasteiger partial charge is 0.256 e. The molecule has 0 aliphatic carbocycles. The molecule has 0 aliphatic heterocycles. The van der Waals surface area contributed by atoms with Crippen molar-refractivity contribution in [2.45, 2.75) is 34.6 Å². The highest BCUT2D eigenvalue weighted by atomic mass is 14.6. The van der Waals surface area contributed by atoms with Gasteiger partial charge in [-0.1, -0.05) is 31.6 Å². The minimum atomic E-state index is 1.11. The van der Waals surface area contributed by atoms with Crippen molar-refractivity contribution < 1.29 is 0 Å². The molecule has 1 aromatic heterocycles. The van der Waals surface area contributed by atoms with Gasteiger partial charge in [-0.15, -0.1) is 0 Å². The Morgan fingerprint density at radius 3 is 2.31 bits per heavy atom. The van der Waals surface area contributed by atoms with Gasteiger partial charge in [-0.2, -0.15) is 0 Å². The van der Waals surface area contributed by atoms with Crippen molar-refractivity contribution in [3.05, 3.63) is 28.9 Å². The maximum Gasteiger partial charge on any atom is 0.0685 e. The fourth-order valence-electron chi connectivity index (χ4n) is 1.07. The second-order valence-corrected chi connectivity index (χ2v) is 2.73. The highest BCUT2D eigenvalue weighted by Gasteiger charge is 1.85. The smallest absolute Gasteiger partial charge is 0.0685 e. The maximum atomic E-state index is 4.28. The molecule has 1 rings (SSSR count). The second kappa shape index (κ2) is 6.41. The average molecular weight is 177 g/mol. The van der Waals surface area contributed by atoms with Crippen LogP contribution in [0.25, 0.3) is 11.6 Å². The fraction of sp³-hybridized carbons (Fsp3) is 0.417. The quantitative estimate of drug-likeness (QED) is 0.591. The molecule has 0 saturated heterocycles. The maximum absolute atomic E-state index is 4.28. The molecule has 1 aromatic rings. The molecule has 0 amide bonds. The van der Waals surface area contributed by atoms with Crippen molar-refractivity contribution in [3.8, 4) is 0 Å². The van der Waals surface area contributed by atoms with Gasteiger partial charge in [0.05, 0.1) is 5.35 Å². The topological polar surface area (TPSA) is 12.9 Å². The first-order chi connectivity index (χ1) is 6.25. The Kier molecular flexibility index (Phi) is 5.86. The van der Waals surface area contributed by atoms with Crippen LogP contribution in [0.1, 0.15) is 34.6 Å². The Balaban J connectivity index is 0.000000671. The van der Waals surface area contributed by atoms with E-state index in [0.717, 1.165) is 5.35 Å². The summed E-state index contributed by atoms with van der Waals surface area (Å²) in [5.74, 6) is 0. The summed E-state index contributed by atoms with van der Waals surface area (Å²) in [5.41, 5.74) is 1.26. The van der Waals surface area contributed by atoms with Crippen LogP contribution in [0.3, 0.4) is 0 Å². The summed E-state index contributed by atoms with van der Waals surface area (Å²) in [7, 11) is 0. The molecular weight excluding hydrogens is 158 g/mol. The molecule has 1 heterocycles. The zero-order valence-corrected chi connectivity index (χ0v) is 9.26. The number of rotatable bonds is 0. The van der Waals surface area contributed by atoms with Gasteiger partial charge in [0.1, 0.15) is 0 Å². The minimum absolute atomic E-state index is 1.11. The lowest BCUT2D eigenvalue weighted by Crippen LogP contribution is -2.28.